The number of anilines is 1. The number of rotatable bonds is 7. The maximum absolute atomic E-state index is 11.9. The zero-order valence-electron chi connectivity index (χ0n) is 10.7. The van der Waals surface area contributed by atoms with Gasteiger partial charge in [0, 0.05) is 12.2 Å². The van der Waals surface area contributed by atoms with Crippen LogP contribution in [0.15, 0.2) is 30.9 Å². The minimum Gasteiger partial charge on any atom is -0.398 e. The molecule has 0 saturated carbocycles. The molecular formula is C14H20N2O2. The molecule has 0 heterocycles. The summed E-state index contributed by atoms with van der Waals surface area (Å²) in [5.41, 5.74) is 7.71. The number of amides is 1. The van der Waals surface area contributed by atoms with Crippen molar-refractivity contribution < 1.29 is 9.53 Å². The summed E-state index contributed by atoms with van der Waals surface area (Å²) in [6.07, 6.45) is 2.62. The van der Waals surface area contributed by atoms with Crippen LogP contribution in [0.25, 0.3) is 0 Å². The summed E-state index contributed by atoms with van der Waals surface area (Å²) in [7, 11) is 0. The third-order valence-corrected chi connectivity index (χ3v) is 2.53. The number of benzene rings is 1. The van der Waals surface area contributed by atoms with Gasteiger partial charge in [-0.15, -0.1) is 6.58 Å². The molecular weight excluding hydrogens is 228 g/mol. The highest BCUT2D eigenvalue weighted by Gasteiger charge is 2.11. The fraction of sp³-hybridized carbons (Fsp3) is 0.357. The molecule has 0 bridgehead atoms. The Balaban J connectivity index is 2.39. The molecule has 0 atom stereocenters. The van der Waals surface area contributed by atoms with Gasteiger partial charge in [-0.05, 0) is 25.0 Å². The van der Waals surface area contributed by atoms with Crippen molar-refractivity contribution in [3.8, 4) is 0 Å². The van der Waals surface area contributed by atoms with E-state index < -0.39 is 0 Å². The van der Waals surface area contributed by atoms with E-state index in [0.29, 0.717) is 31.0 Å². The third-order valence-electron chi connectivity index (χ3n) is 2.53. The van der Waals surface area contributed by atoms with Gasteiger partial charge in [-0.25, -0.2) is 0 Å². The topological polar surface area (TPSA) is 64.3 Å². The van der Waals surface area contributed by atoms with Crippen LogP contribution in [0.5, 0.6) is 0 Å². The molecule has 0 aliphatic carbocycles. The molecule has 1 amide bonds. The number of nitrogens with one attached hydrogen (secondary N) is 1. The second-order valence-corrected chi connectivity index (χ2v) is 3.98. The Morgan fingerprint density at radius 2 is 2.28 bits per heavy atom. The number of nitrogen functional groups attached to an aromatic ring is 1. The van der Waals surface area contributed by atoms with E-state index in [1.165, 1.54) is 0 Å². The second kappa shape index (κ2) is 7.50. The summed E-state index contributed by atoms with van der Waals surface area (Å²) >= 11 is 0. The average molecular weight is 248 g/mol. The Morgan fingerprint density at radius 3 is 2.94 bits per heavy atom. The lowest BCUT2D eigenvalue weighted by Gasteiger charge is -2.10. The van der Waals surface area contributed by atoms with Gasteiger partial charge in [0.25, 0.3) is 5.91 Å². The van der Waals surface area contributed by atoms with Gasteiger partial charge in [0.2, 0.25) is 0 Å². The smallest absolute Gasteiger partial charge is 0.253 e. The molecule has 0 saturated heterocycles. The van der Waals surface area contributed by atoms with Crippen molar-refractivity contribution in [1.29, 1.82) is 0 Å². The average Bonchev–Trinajstić information content (AvgIpc) is 2.33. The molecule has 98 valence electrons. The molecule has 0 unspecified atom stereocenters. The first-order chi connectivity index (χ1) is 8.66. The lowest BCUT2D eigenvalue weighted by Crippen LogP contribution is -2.28. The van der Waals surface area contributed by atoms with Crippen molar-refractivity contribution in [2.75, 3.05) is 25.5 Å². The van der Waals surface area contributed by atoms with E-state index in [0.717, 1.165) is 12.0 Å². The number of aryl methyl sites for hydroxylation is 1. The van der Waals surface area contributed by atoms with Crippen LogP contribution in [0.1, 0.15) is 22.3 Å². The van der Waals surface area contributed by atoms with Gasteiger partial charge in [-0.1, -0.05) is 18.2 Å². The Hall–Kier alpha value is -1.81. The van der Waals surface area contributed by atoms with Crippen LogP contribution < -0.4 is 11.1 Å². The summed E-state index contributed by atoms with van der Waals surface area (Å²) in [4.78, 5) is 11.9. The molecule has 1 aromatic rings. The molecule has 0 radical (unpaired) electrons. The van der Waals surface area contributed by atoms with Crippen LogP contribution >= 0.6 is 0 Å². The monoisotopic (exact) mass is 248 g/mol. The lowest BCUT2D eigenvalue weighted by molar-refractivity contribution is 0.0918. The predicted octanol–water partition coefficient (Wildman–Crippen LogP) is 1.90. The molecule has 0 aromatic heterocycles. The first kappa shape index (κ1) is 14.3. The number of hydrogen-bond donors (Lipinski definition) is 2. The largest absolute Gasteiger partial charge is 0.398 e. The van der Waals surface area contributed by atoms with Gasteiger partial charge in [-0.2, -0.15) is 0 Å². The fourth-order valence-electron chi connectivity index (χ4n) is 1.59. The summed E-state index contributed by atoms with van der Waals surface area (Å²) in [6.45, 7) is 7.07. The van der Waals surface area contributed by atoms with Crippen LogP contribution in [0.3, 0.4) is 0 Å². The Morgan fingerprint density at radius 1 is 1.50 bits per heavy atom. The van der Waals surface area contributed by atoms with Gasteiger partial charge in [0.1, 0.15) is 0 Å². The molecule has 0 aliphatic heterocycles. The van der Waals surface area contributed by atoms with E-state index in [9.17, 15) is 4.79 Å². The molecule has 1 rings (SSSR count). The van der Waals surface area contributed by atoms with Crippen molar-refractivity contribution in [3.05, 3.63) is 42.0 Å². The van der Waals surface area contributed by atoms with Crippen molar-refractivity contribution in [2.45, 2.75) is 13.3 Å². The zero-order valence-corrected chi connectivity index (χ0v) is 10.7. The minimum absolute atomic E-state index is 0.155. The molecule has 0 spiro atoms. The van der Waals surface area contributed by atoms with E-state index in [4.69, 9.17) is 10.5 Å². The maximum atomic E-state index is 11.9. The van der Waals surface area contributed by atoms with Crippen LogP contribution in [-0.2, 0) is 4.74 Å². The third kappa shape index (κ3) is 4.22. The molecule has 4 heteroatoms. The lowest BCUT2D eigenvalue weighted by atomic mass is 10.1. The van der Waals surface area contributed by atoms with E-state index >= 15 is 0 Å². The molecule has 3 N–H and O–H groups in total. The standard InChI is InChI=1S/C14H20N2O2/c1-3-4-9-18-10-8-16-14(17)13-11(2)6-5-7-12(13)15/h3,5-7H,1,4,8-10,15H2,2H3,(H,16,17). The van der Waals surface area contributed by atoms with Gasteiger partial charge in [-0.3, -0.25) is 4.79 Å². The molecule has 0 fully saturated rings. The van der Waals surface area contributed by atoms with Crippen molar-refractivity contribution in [2.24, 2.45) is 0 Å². The van der Waals surface area contributed by atoms with Gasteiger partial charge in [0.15, 0.2) is 0 Å². The highest BCUT2D eigenvalue weighted by molar-refractivity contribution is 6.00. The maximum Gasteiger partial charge on any atom is 0.253 e. The van der Waals surface area contributed by atoms with Crippen LogP contribution in [-0.4, -0.2) is 25.7 Å². The molecule has 0 aliphatic rings. The molecule has 4 nitrogen and oxygen atoms in total. The van der Waals surface area contributed by atoms with Crippen LogP contribution in [0.2, 0.25) is 0 Å². The second-order valence-electron chi connectivity index (χ2n) is 3.98. The van der Waals surface area contributed by atoms with E-state index in [-0.39, 0.29) is 5.91 Å². The number of carbonyl (C=O) groups is 1. The summed E-state index contributed by atoms with van der Waals surface area (Å²) < 4.78 is 5.30. The van der Waals surface area contributed by atoms with Crippen molar-refractivity contribution in [3.63, 3.8) is 0 Å². The Bertz CT molecular complexity index is 396. The number of hydrogen-bond acceptors (Lipinski definition) is 3. The summed E-state index contributed by atoms with van der Waals surface area (Å²) in [5.74, 6) is -0.155. The van der Waals surface area contributed by atoms with E-state index in [1.807, 2.05) is 19.1 Å². The summed E-state index contributed by atoms with van der Waals surface area (Å²) in [6, 6.07) is 5.42. The number of ether oxygens (including phenoxy) is 1. The van der Waals surface area contributed by atoms with Crippen LogP contribution in [0.4, 0.5) is 5.69 Å². The highest BCUT2D eigenvalue weighted by atomic mass is 16.5. The molecule has 1 aromatic carbocycles. The van der Waals surface area contributed by atoms with Crippen LogP contribution in [0, 0.1) is 6.92 Å². The van der Waals surface area contributed by atoms with Crippen molar-refractivity contribution >= 4 is 11.6 Å². The predicted molar refractivity (Wildman–Crippen MR) is 73.6 cm³/mol. The quantitative estimate of drug-likeness (QED) is 0.440. The zero-order chi connectivity index (χ0) is 13.4. The highest BCUT2D eigenvalue weighted by Crippen LogP contribution is 2.15. The van der Waals surface area contributed by atoms with E-state index in [1.54, 1.807) is 12.1 Å². The Labute approximate surface area is 108 Å². The molecule has 18 heavy (non-hydrogen) atoms. The minimum atomic E-state index is -0.155. The van der Waals surface area contributed by atoms with E-state index in [2.05, 4.69) is 11.9 Å². The summed E-state index contributed by atoms with van der Waals surface area (Å²) in [5, 5.41) is 2.79. The van der Waals surface area contributed by atoms with Gasteiger partial charge in [0.05, 0.1) is 18.8 Å². The first-order valence-corrected chi connectivity index (χ1v) is 5.98. The number of nitrogens with two attached hydrogens (primary N) is 1. The number of carbonyl (C=O) groups excluding carboxylic acids is 1. The normalized spacial score (nSPS) is 10.1. The van der Waals surface area contributed by atoms with Gasteiger partial charge >= 0.3 is 0 Å². The van der Waals surface area contributed by atoms with Crippen molar-refractivity contribution in [1.82, 2.24) is 5.32 Å². The Kier molecular flexibility index (Phi) is 5.94. The SMILES string of the molecule is C=CCCOCCNC(=O)c1c(C)cccc1N. The first-order valence-electron chi connectivity index (χ1n) is 5.98. The van der Waals surface area contributed by atoms with Gasteiger partial charge < -0.3 is 15.8 Å². The fourth-order valence-corrected chi connectivity index (χ4v) is 1.59.